The summed E-state index contributed by atoms with van der Waals surface area (Å²) < 4.78 is 16.0. The first kappa shape index (κ1) is 16.8. The third kappa shape index (κ3) is 3.24. The van der Waals surface area contributed by atoms with Crippen molar-refractivity contribution in [2.24, 2.45) is 23.7 Å². The summed E-state index contributed by atoms with van der Waals surface area (Å²) in [5.41, 5.74) is 6.22. The van der Waals surface area contributed by atoms with Crippen LogP contribution in [0.3, 0.4) is 0 Å². The number of hydrogen-bond acceptors (Lipinski definition) is 5. The molecule has 2 aliphatic rings. The summed E-state index contributed by atoms with van der Waals surface area (Å²) >= 11 is 1.48. The fraction of sp³-hybridized carbons (Fsp3) is 0.438. The van der Waals surface area contributed by atoms with Crippen LogP contribution in [0.1, 0.15) is 23.8 Å². The quantitative estimate of drug-likeness (QED) is 0.871. The van der Waals surface area contributed by atoms with Crippen molar-refractivity contribution in [3.8, 4) is 0 Å². The van der Waals surface area contributed by atoms with E-state index in [-0.39, 0.29) is 5.91 Å². The van der Waals surface area contributed by atoms with Crippen molar-refractivity contribution >= 4 is 22.8 Å². The summed E-state index contributed by atoms with van der Waals surface area (Å²) in [6.07, 6.45) is 5.92. The number of rotatable bonds is 3. The van der Waals surface area contributed by atoms with Gasteiger partial charge in [0.25, 0.3) is 5.91 Å². The first-order valence-corrected chi connectivity index (χ1v) is 8.69. The van der Waals surface area contributed by atoms with Gasteiger partial charge in [0.2, 0.25) is 0 Å². The monoisotopic (exact) mass is 349 g/mol. The van der Waals surface area contributed by atoms with Crippen LogP contribution in [-0.4, -0.2) is 38.3 Å². The zero-order valence-electron chi connectivity index (χ0n) is 13.6. The van der Waals surface area contributed by atoms with Crippen molar-refractivity contribution in [2.75, 3.05) is 5.75 Å². The molecule has 0 saturated carbocycles. The van der Waals surface area contributed by atoms with Gasteiger partial charge in [-0.3, -0.25) is 14.5 Å². The maximum atomic E-state index is 14.5. The number of aliphatic imine (C=N–C) groups is 1. The Morgan fingerprint density at radius 1 is 1.58 bits per heavy atom. The third-order valence-corrected chi connectivity index (χ3v) is 5.21. The number of amidine groups is 1. The van der Waals surface area contributed by atoms with Crippen molar-refractivity contribution in [1.82, 2.24) is 15.1 Å². The number of thioether (sulfide) groups is 1. The molecule has 3 rings (SSSR count). The fourth-order valence-electron chi connectivity index (χ4n) is 3.00. The van der Waals surface area contributed by atoms with Gasteiger partial charge in [0.05, 0.1) is 5.54 Å². The Morgan fingerprint density at radius 2 is 2.38 bits per heavy atom. The molecule has 3 atom stereocenters. The predicted octanol–water partition coefficient (Wildman–Crippen LogP) is 1.77. The number of aryl methyl sites for hydroxylation is 1. The first-order chi connectivity index (χ1) is 11.4. The van der Waals surface area contributed by atoms with Crippen LogP contribution in [0.15, 0.2) is 41.2 Å². The number of nitrogens with two attached hydrogens (primary N) is 1. The van der Waals surface area contributed by atoms with Gasteiger partial charge in [0, 0.05) is 30.6 Å². The lowest BCUT2D eigenvalue weighted by atomic mass is 9.78. The summed E-state index contributed by atoms with van der Waals surface area (Å²) in [5.74, 6) is 0.0571. The molecular formula is C16H20FN5OS. The highest BCUT2D eigenvalue weighted by Crippen LogP contribution is 2.38. The standard InChI is InChI=1S/C16H20FN5OS/c1-16(6-8-24-15(18)21-16)11-9-10(3-4-12(11)17)20-14(23)13-5-7-19-22(13)2/h3-5,7,9,11-12H,6,8H2,1-2H3,(H2,18,21)(H,20,23)/t11?,12?,16-/m0/s1. The van der Waals surface area contributed by atoms with Gasteiger partial charge in [0.15, 0.2) is 5.17 Å². The van der Waals surface area contributed by atoms with E-state index in [1.54, 1.807) is 31.5 Å². The largest absolute Gasteiger partial charge is 0.379 e. The van der Waals surface area contributed by atoms with Gasteiger partial charge in [-0.25, -0.2) is 4.39 Å². The molecule has 3 N–H and O–H groups in total. The number of alkyl halides is 1. The average Bonchev–Trinajstić information content (AvgIpc) is 2.95. The summed E-state index contributed by atoms with van der Waals surface area (Å²) in [6.45, 7) is 1.91. The Morgan fingerprint density at radius 3 is 3.04 bits per heavy atom. The van der Waals surface area contributed by atoms with E-state index in [0.717, 1.165) is 12.2 Å². The van der Waals surface area contributed by atoms with E-state index < -0.39 is 17.6 Å². The van der Waals surface area contributed by atoms with Crippen molar-refractivity contribution in [3.63, 3.8) is 0 Å². The second-order valence-electron chi connectivity index (χ2n) is 6.15. The number of nitrogens with zero attached hydrogens (tertiary/aromatic N) is 3. The smallest absolute Gasteiger partial charge is 0.273 e. The topological polar surface area (TPSA) is 85.3 Å². The molecular weight excluding hydrogens is 329 g/mol. The molecule has 0 saturated heterocycles. The van der Waals surface area contributed by atoms with Crippen molar-refractivity contribution in [2.45, 2.75) is 25.1 Å². The Hall–Kier alpha value is -2.09. The number of amides is 1. The molecule has 1 aliphatic carbocycles. The van der Waals surface area contributed by atoms with E-state index in [4.69, 9.17) is 5.73 Å². The second kappa shape index (κ2) is 6.43. The van der Waals surface area contributed by atoms with Gasteiger partial charge in [-0.15, -0.1) is 0 Å². The third-order valence-electron chi connectivity index (χ3n) is 4.42. The molecule has 8 heteroatoms. The van der Waals surface area contributed by atoms with Crippen molar-refractivity contribution in [1.29, 1.82) is 0 Å². The normalized spacial score (nSPS) is 29.8. The zero-order chi connectivity index (χ0) is 17.3. The second-order valence-corrected chi connectivity index (χ2v) is 7.27. The van der Waals surface area contributed by atoms with Gasteiger partial charge in [-0.05, 0) is 31.6 Å². The lowest BCUT2D eigenvalue weighted by Gasteiger charge is -2.37. The summed E-state index contributed by atoms with van der Waals surface area (Å²) in [7, 11) is 1.69. The highest BCUT2D eigenvalue weighted by atomic mass is 32.2. The summed E-state index contributed by atoms with van der Waals surface area (Å²) in [4.78, 5) is 16.8. The highest BCUT2D eigenvalue weighted by Gasteiger charge is 2.40. The zero-order valence-corrected chi connectivity index (χ0v) is 14.4. The molecule has 128 valence electrons. The first-order valence-electron chi connectivity index (χ1n) is 7.70. The van der Waals surface area contributed by atoms with Crippen LogP contribution in [-0.2, 0) is 7.05 Å². The van der Waals surface area contributed by atoms with Crippen LogP contribution in [0.4, 0.5) is 4.39 Å². The molecule has 0 spiro atoms. The Bertz CT molecular complexity index is 741. The number of halogens is 1. The van der Waals surface area contributed by atoms with E-state index in [9.17, 15) is 9.18 Å². The van der Waals surface area contributed by atoms with E-state index in [2.05, 4.69) is 15.4 Å². The van der Waals surface area contributed by atoms with Crippen LogP contribution >= 0.6 is 11.8 Å². The Kier molecular flexibility index (Phi) is 4.49. The molecule has 1 amide bonds. The number of carbonyl (C=O) groups excluding carboxylic acids is 1. The van der Waals surface area contributed by atoms with Gasteiger partial charge in [-0.1, -0.05) is 17.8 Å². The van der Waals surface area contributed by atoms with Crippen molar-refractivity contribution in [3.05, 3.63) is 41.9 Å². The number of hydrogen-bond donors (Lipinski definition) is 2. The van der Waals surface area contributed by atoms with E-state index in [0.29, 0.717) is 16.6 Å². The number of aromatic nitrogens is 2. The summed E-state index contributed by atoms with van der Waals surface area (Å²) in [5, 5.41) is 7.26. The van der Waals surface area contributed by atoms with Crippen LogP contribution in [0.2, 0.25) is 0 Å². The molecule has 1 aliphatic heterocycles. The maximum Gasteiger partial charge on any atom is 0.273 e. The number of carbonyl (C=O) groups is 1. The molecule has 2 unspecified atom stereocenters. The minimum atomic E-state index is -1.16. The molecule has 6 nitrogen and oxygen atoms in total. The number of allylic oxidation sites excluding steroid dienone is 2. The Labute approximate surface area is 144 Å². The lowest BCUT2D eigenvalue weighted by molar-refractivity contribution is 0.0956. The average molecular weight is 349 g/mol. The van der Waals surface area contributed by atoms with Gasteiger partial charge < -0.3 is 11.1 Å². The molecule has 0 bridgehead atoms. The van der Waals surface area contributed by atoms with Crippen molar-refractivity contribution < 1.29 is 9.18 Å². The molecule has 0 radical (unpaired) electrons. The van der Waals surface area contributed by atoms with Gasteiger partial charge >= 0.3 is 0 Å². The minimum absolute atomic E-state index is 0.283. The van der Waals surface area contributed by atoms with Crippen LogP contribution < -0.4 is 11.1 Å². The van der Waals surface area contributed by atoms with Gasteiger partial charge in [0.1, 0.15) is 11.9 Å². The lowest BCUT2D eigenvalue weighted by Crippen LogP contribution is -2.43. The molecule has 1 aromatic rings. The van der Waals surface area contributed by atoms with Crippen LogP contribution in [0.25, 0.3) is 0 Å². The van der Waals surface area contributed by atoms with E-state index in [1.165, 1.54) is 22.5 Å². The molecule has 1 aromatic heterocycles. The van der Waals surface area contributed by atoms with Crippen LogP contribution in [0, 0.1) is 5.92 Å². The van der Waals surface area contributed by atoms with E-state index in [1.807, 2.05) is 6.92 Å². The SMILES string of the molecule is Cn1nccc1C(=O)NC1=CC([C@]2(C)CCSC(N)=N2)C(F)C=C1. The number of nitrogens with one attached hydrogen (secondary N) is 1. The predicted molar refractivity (Wildman–Crippen MR) is 93.4 cm³/mol. The fourth-order valence-corrected chi connectivity index (χ4v) is 3.99. The highest BCUT2D eigenvalue weighted by molar-refractivity contribution is 8.13. The minimum Gasteiger partial charge on any atom is -0.379 e. The molecule has 2 heterocycles. The molecule has 24 heavy (non-hydrogen) atoms. The van der Waals surface area contributed by atoms with E-state index >= 15 is 0 Å². The van der Waals surface area contributed by atoms with Crippen LogP contribution in [0.5, 0.6) is 0 Å². The Balaban J connectivity index is 1.82. The maximum absolute atomic E-state index is 14.5. The molecule has 0 aromatic carbocycles. The molecule has 0 fully saturated rings. The summed E-state index contributed by atoms with van der Waals surface area (Å²) in [6, 6.07) is 1.63. The van der Waals surface area contributed by atoms with Gasteiger partial charge in [-0.2, -0.15) is 5.10 Å².